The predicted octanol–water partition coefficient (Wildman–Crippen LogP) is -0.464. The zero-order valence-electron chi connectivity index (χ0n) is 7.08. The van der Waals surface area contributed by atoms with Crippen LogP contribution in [0, 0.1) is 5.92 Å². The second kappa shape index (κ2) is 3.03. The summed E-state index contributed by atoms with van der Waals surface area (Å²) in [5, 5.41) is 3.22. The predicted molar refractivity (Wildman–Crippen MR) is 41.7 cm³/mol. The molecule has 1 N–H and O–H groups in total. The smallest absolute Gasteiger partial charge is 0.311 e. The molecule has 0 radical (unpaired) electrons. The first kappa shape index (κ1) is 8.01. The van der Waals surface area contributed by atoms with Gasteiger partial charge in [-0.2, -0.15) is 0 Å². The van der Waals surface area contributed by atoms with E-state index in [0.717, 1.165) is 19.5 Å². The highest BCUT2D eigenvalue weighted by Crippen LogP contribution is 2.29. The van der Waals surface area contributed by atoms with E-state index in [-0.39, 0.29) is 24.1 Å². The monoisotopic (exact) mass is 171 g/mol. The molecule has 2 fully saturated rings. The summed E-state index contributed by atoms with van der Waals surface area (Å²) in [5.74, 6) is -0.179. The molecule has 68 valence electrons. The van der Waals surface area contributed by atoms with Gasteiger partial charge in [-0.05, 0) is 6.42 Å². The van der Waals surface area contributed by atoms with E-state index < -0.39 is 0 Å². The Hall–Kier alpha value is -0.610. The van der Waals surface area contributed by atoms with Crippen LogP contribution in [-0.2, 0) is 14.3 Å². The zero-order valence-corrected chi connectivity index (χ0v) is 7.08. The SMILES string of the molecule is COC(=O)[C@@H]1C[C@@H]2CNC[C@H]1O2. The molecule has 0 aromatic rings. The van der Waals surface area contributed by atoms with Gasteiger partial charge in [-0.1, -0.05) is 0 Å². The van der Waals surface area contributed by atoms with E-state index in [1.165, 1.54) is 7.11 Å². The van der Waals surface area contributed by atoms with Crippen LogP contribution in [0.5, 0.6) is 0 Å². The van der Waals surface area contributed by atoms with Crippen LogP contribution >= 0.6 is 0 Å². The lowest BCUT2D eigenvalue weighted by molar-refractivity contribution is -0.147. The standard InChI is InChI=1S/C8H13NO3/c1-11-8(10)6-2-5-3-9-4-7(6)12-5/h5-7,9H,2-4H2,1H3/t5-,6-,7-/m1/s1. The largest absolute Gasteiger partial charge is 0.469 e. The maximum atomic E-state index is 11.2. The van der Waals surface area contributed by atoms with Crippen molar-refractivity contribution < 1.29 is 14.3 Å². The Morgan fingerprint density at radius 1 is 1.58 bits per heavy atom. The quantitative estimate of drug-likeness (QED) is 0.542. The van der Waals surface area contributed by atoms with Gasteiger partial charge in [0.2, 0.25) is 0 Å². The molecular formula is C8H13NO3. The van der Waals surface area contributed by atoms with Crippen molar-refractivity contribution in [2.75, 3.05) is 20.2 Å². The van der Waals surface area contributed by atoms with Crippen LogP contribution < -0.4 is 5.32 Å². The molecule has 2 heterocycles. The summed E-state index contributed by atoms with van der Waals surface area (Å²) in [6.07, 6.45) is 1.06. The number of esters is 1. The number of carbonyl (C=O) groups is 1. The summed E-state index contributed by atoms with van der Waals surface area (Å²) in [4.78, 5) is 11.2. The average molecular weight is 171 g/mol. The number of hydrogen-bond donors (Lipinski definition) is 1. The van der Waals surface area contributed by atoms with Crippen LogP contribution in [0.4, 0.5) is 0 Å². The molecular weight excluding hydrogens is 158 g/mol. The molecule has 0 amide bonds. The highest BCUT2D eigenvalue weighted by molar-refractivity contribution is 5.73. The van der Waals surface area contributed by atoms with Crippen LogP contribution in [0.2, 0.25) is 0 Å². The first-order chi connectivity index (χ1) is 5.81. The minimum absolute atomic E-state index is 0.0381. The summed E-state index contributed by atoms with van der Waals surface area (Å²) in [6, 6.07) is 0. The minimum atomic E-state index is -0.133. The van der Waals surface area contributed by atoms with Crippen LogP contribution in [-0.4, -0.2) is 38.4 Å². The Morgan fingerprint density at radius 3 is 3.08 bits per heavy atom. The van der Waals surface area contributed by atoms with Crippen molar-refractivity contribution in [1.82, 2.24) is 5.32 Å². The summed E-state index contributed by atoms with van der Waals surface area (Å²) in [6.45, 7) is 1.64. The molecule has 0 aromatic heterocycles. The lowest BCUT2D eigenvalue weighted by Gasteiger charge is -2.21. The summed E-state index contributed by atoms with van der Waals surface area (Å²) >= 11 is 0. The lowest BCUT2D eigenvalue weighted by atomic mass is 10.0. The first-order valence-corrected chi connectivity index (χ1v) is 4.25. The summed E-state index contributed by atoms with van der Waals surface area (Å²) in [5.41, 5.74) is 0. The lowest BCUT2D eigenvalue weighted by Crippen LogP contribution is -2.40. The normalized spacial score (nSPS) is 39.6. The second-order valence-electron chi connectivity index (χ2n) is 3.32. The van der Waals surface area contributed by atoms with Crippen molar-refractivity contribution in [1.29, 1.82) is 0 Å². The average Bonchev–Trinajstić information content (AvgIpc) is 2.40. The van der Waals surface area contributed by atoms with E-state index >= 15 is 0 Å². The summed E-state index contributed by atoms with van der Waals surface area (Å²) < 4.78 is 10.3. The third-order valence-electron chi connectivity index (χ3n) is 2.55. The van der Waals surface area contributed by atoms with Gasteiger partial charge in [0.1, 0.15) is 0 Å². The molecule has 0 aliphatic carbocycles. The van der Waals surface area contributed by atoms with Crippen molar-refractivity contribution in [2.45, 2.75) is 18.6 Å². The molecule has 0 saturated carbocycles. The first-order valence-electron chi connectivity index (χ1n) is 4.25. The van der Waals surface area contributed by atoms with E-state index in [9.17, 15) is 4.79 Å². The number of nitrogens with one attached hydrogen (secondary N) is 1. The molecule has 0 spiro atoms. The fraction of sp³-hybridized carbons (Fsp3) is 0.875. The van der Waals surface area contributed by atoms with Gasteiger partial charge in [0.15, 0.2) is 0 Å². The molecule has 4 nitrogen and oxygen atoms in total. The molecule has 2 rings (SSSR count). The highest BCUT2D eigenvalue weighted by Gasteiger charge is 2.42. The molecule has 2 bridgehead atoms. The van der Waals surface area contributed by atoms with Crippen LogP contribution in [0.15, 0.2) is 0 Å². The highest BCUT2D eigenvalue weighted by atomic mass is 16.5. The van der Waals surface area contributed by atoms with E-state index in [1.807, 2.05) is 0 Å². The van der Waals surface area contributed by atoms with Gasteiger partial charge in [-0.15, -0.1) is 0 Å². The Kier molecular flexibility index (Phi) is 2.02. The van der Waals surface area contributed by atoms with E-state index in [1.54, 1.807) is 0 Å². The van der Waals surface area contributed by atoms with Gasteiger partial charge in [-0.3, -0.25) is 4.79 Å². The van der Waals surface area contributed by atoms with Gasteiger partial charge in [-0.25, -0.2) is 0 Å². The molecule has 2 aliphatic rings. The van der Waals surface area contributed by atoms with Crippen molar-refractivity contribution >= 4 is 5.97 Å². The van der Waals surface area contributed by atoms with Crippen molar-refractivity contribution in [3.63, 3.8) is 0 Å². The maximum absolute atomic E-state index is 11.2. The van der Waals surface area contributed by atoms with Crippen LogP contribution in [0.1, 0.15) is 6.42 Å². The van der Waals surface area contributed by atoms with E-state index in [4.69, 9.17) is 9.47 Å². The van der Waals surface area contributed by atoms with Gasteiger partial charge in [0, 0.05) is 13.1 Å². The van der Waals surface area contributed by atoms with Gasteiger partial charge >= 0.3 is 5.97 Å². The number of morpholine rings is 1. The number of hydrogen-bond acceptors (Lipinski definition) is 4. The van der Waals surface area contributed by atoms with E-state index in [2.05, 4.69) is 5.32 Å². The molecule has 12 heavy (non-hydrogen) atoms. The van der Waals surface area contributed by atoms with Gasteiger partial charge in [0.25, 0.3) is 0 Å². The molecule has 2 saturated heterocycles. The summed E-state index contributed by atoms with van der Waals surface area (Å²) in [7, 11) is 1.43. The fourth-order valence-corrected chi connectivity index (χ4v) is 1.94. The van der Waals surface area contributed by atoms with Crippen LogP contribution in [0.25, 0.3) is 0 Å². The Morgan fingerprint density at radius 2 is 2.42 bits per heavy atom. The topological polar surface area (TPSA) is 47.6 Å². The third kappa shape index (κ3) is 1.21. The maximum Gasteiger partial charge on any atom is 0.311 e. The fourth-order valence-electron chi connectivity index (χ4n) is 1.94. The molecule has 3 atom stereocenters. The molecule has 0 aromatic carbocycles. The number of ether oxygens (including phenoxy) is 2. The Labute approximate surface area is 71.2 Å². The van der Waals surface area contributed by atoms with Crippen molar-refractivity contribution in [3.8, 4) is 0 Å². The third-order valence-corrected chi connectivity index (χ3v) is 2.55. The Balaban J connectivity index is 2.04. The Bertz CT molecular complexity index is 195. The minimum Gasteiger partial charge on any atom is -0.469 e. The molecule has 2 aliphatic heterocycles. The number of rotatable bonds is 1. The van der Waals surface area contributed by atoms with E-state index in [0.29, 0.717) is 0 Å². The molecule has 0 unspecified atom stereocenters. The number of methoxy groups -OCH3 is 1. The number of fused-ring (bicyclic) bond motifs is 2. The van der Waals surface area contributed by atoms with Crippen LogP contribution in [0.3, 0.4) is 0 Å². The van der Waals surface area contributed by atoms with Gasteiger partial charge < -0.3 is 14.8 Å². The van der Waals surface area contributed by atoms with Gasteiger partial charge in [0.05, 0.1) is 25.2 Å². The number of carbonyl (C=O) groups excluding carboxylic acids is 1. The zero-order chi connectivity index (χ0) is 8.55. The van der Waals surface area contributed by atoms with Crippen molar-refractivity contribution in [3.05, 3.63) is 0 Å². The second-order valence-corrected chi connectivity index (χ2v) is 3.32. The van der Waals surface area contributed by atoms with Crippen molar-refractivity contribution in [2.24, 2.45) is 5.92 Å². The molecule has 4 heteroatoms.